The topological polar surface area (TPSA) is 52.0 Å². The zero-order chi connectivity index (χ0) is 13.1. The van der Waals surface area contributed by atoms with Gasteiger partial charge >= 0.3 is 0 Å². The van der Waals surface area contributed by atoms with Crippen molar-refractivity contribution in [2.24, 2.45) is 7.05 Å². The number of Topliss-reactive ketones (excluding diaryl/α,β-unsaturated/α-hetero) is 2. The number of benzene rings is 1. The molecule has 0 spiro atoms. The predicted molar refractivity (Wildman–Crippen MR) is 67.9 cm³/mol. The third-order valence-electron chi connectivity index (χ3n) is 2.52. The zero-order valence-corrected chi connectivity index (χ0v) is 10.5. The molecule has 0 bridgehead atoms. The van der Waals surface area contributed by atoms with E-state index in [0.717, 1.165) is 0 Å². The fourth-order valence-electron chi connectivity index (χ4n) is 1.60. The van der Waals surface area contributed by atoms with E-state index in [1.807, 2.05) is 0 Å². The average molecular weight is 263 g/mol. The van der Waals surface area contributed by atoms with E-state index in [4.69, 9.17) is 11.6 Å². The Balaban J connectivity index is 2.13. The molecule has 2 rings (SSSR count). The minimum absolute atomic E-state index is 0.199. The van der Waals surface area contributed by atoms with Crippen LogP contribution in [0.25, 0.3) is 0 Å². The van der Waals surface area contributed by atoms with Crippen LogP contribution in [0.2, 0.25) is 5.02 Å². The second kappa shape index (κ2) is 5.14. The van der Waals surface area contributed by atoms with Gasteiger partial charge in [-0.2, -0.15) is 5.10 Å². The van der Waals surface area contributed by atoms with Crippen LogP contribution >= 0.6 is 11.6 Å². The molecule has 5 heteroatoms. The van der Waals surface area contributed by atoms with Crippen LogP contribution in [-0.2, 0) is 7.05 Å². The van der Waals surface area contributed by atoms with Crippen molar-refractivity contribution >= 4 is 23.2 Å². The maximum Gasteiger partial charge on any atom is 0.173 e. The quantitative estimate of drug-likeness (QED) is 0.628. The van der Waals surface area contributed by atoms with Gasteiger partial charge in [-0.1, -0.05) is 23.7 Å². The Morgan fingerprint density at radius 1 is 1.28 bits per heavy atom. The lowest BCUT2D eigenvalue weighted by Crippen LogP contribution is -2.08. The number of carbonyl (C=O) groups is 2. The maximum absolute atomic E-state index is 11.9. The lowest BCUT2D eigenvalue weighted by molar-refractivity contribution is 0.0894. The minimum Gasteiger partial charge on any atom is -0.294 e. The summed E-state index contributed by atoms with van der Waals surface area (Å²) in [6, 6.07) is 6.69. The van der Waals surface area contributed by atoms with Gasteiger partial charge in [0.2, 0.25) is 0 Å². The van der Waals surface area contributed by atoms with E-state index in [2.05, 4.69) is 5.10 Å². The molecule has 0 amide bonds. The first-order chi connectivity index (χ1) is 8.58. The number of carbonyl (C=O) groups excluding carboxylic acids is 2. The van der Waals surface area contributed by atoms with Crippen molar-refractivity contribution in [2.45, 2.75) is 6.42 Å². The molecular weight excluding hydrogens is 252 g/mol. The van der Waals surface area contributed by atoms with Gasteiger partial charge in [-0.25, -0.2) is 0 Å². The summed E-state index contributed by atoms with van der Waals surface area (Å²) in [7, 11) is 1.71. The Kier molecular flexibility index (Phi) is 3.58. The Hall–Kier alpha value is -1.94. The van der Waals surface area contributed by atoms with Crippen molar-refractivity contribution in [1.29, 1.82) is 0 Å². The predicted octanol–water partition coefficient (Wildman–Crippen LogP) is 2.53. The van der Waals surface area contributed by atoms with Gasteiger partial charge in [0, 0.05) is 18.8 Å². The molecule has 0 aliphatic rings. The Morgan fingerprint density at radius 2 is 2.00 bits per heavy atom. The Morgan fingerprint density at radius 3 is 2.61 bits per heavy atom. The maximum atomic E-state index is 11.9. The molecule has 1 aromatic carbocycles. The van der Waals surface area contributed by atoms with Crippen LogP contribution in [0, 0.1) is 0 Å². The lowest BCUT2D eigenvalue weighted by atomic mass is 10.0. The standard InChI is InChI=1S/C13H11ClN2O2/c1-16-8-9(7-15-16)12(17)6-13(18)10-4-2-3-5-11(10)14/h2-5,7-8H,6H2,1H3. The molecule has 18 heavy (non-hydrogen) atoms. The SMILES string of the molecule is Cn1cc(C(=O)CC(=O)c2ccccc2Cl)cn1. The van der Waals surface area contributed by atoms with Crippen LogP contribution in [0.1, 0.15) is 27.1 Å². The highest BCUT2D eigenvalue weighted by molar-refractivity contribution is 6.34. The molecule has 0 fully saturated rings. The second-order valence-electron chi connectivity index (χ2n) is 3.91. The first-order valence-corrected chi connectivity index (χ1v) is 5.75. The van der Waals surface area contributed by atoms with Gasteiger partial charge in [-0.15, -0.1) is 0 Å². The van der Waals surface area contributed by atoms with E-state index in [1.54, 1.807) is 37.5 Å². The molecule has 1 aromatic heterocycles. The number of nitrogens with zero attached hydrogens (tertiary/aromatic N) is 2. The number of aromatic nitrogens is 2. The molecule has 0 saturated heterocycles. The van der Waals surface area contributed by atoms with Gasteiger partial charge in [0.15, 0.2) is 11.6 Å². The molecule has 0 N–H and O–H groups in total. The van der Waals surface area contributed by atoms with Gasteiger partial charge in [0.05, 0.1) is 23.2 Å². The number of aryl methyl sites for hydroxylation is 1. The summed E-state index contributed by atoms with van der Waals surface area (Å²) in [6.07, 6.45) is 2.83. The fraction of sp³-hybridized carbons (Fsp3) is 0.154. The van der Waals surface area contributed by atoms with Crippen molar-refractivity contribution in [2.75, 3.05) is 0 Å². The van der Waals surface area contributed by atoms with Crippen LogP contribution < -0.4 is 0 Å². The van der Waals surface area contributed by atoms with Crippen molar-refractivity contribution in [3.8, 4) is 0 Å². The van der Waals surface area contributed by atoms with Crippen LogP contribution in [0.15, 0.2) is 36.7 Å². The normalized spacial score (nSPS) is 10.3. The summed E-state index contributed by atoms with van der Waals surface area (Å²) in [5.74, 6) is -0.539. The van der Waals surface area contributed by atoms with E-state index in [9.17, 15) is 9.59 Å². The van der Waals surface area contributed by atoms with E-state index < -0.39 is 0 Å². The first kappa shape index (κ1) is 12.5. The van der Waals surface area contributed by atoms with Crippen LogP contribution in [-0.4, -0.2) is 21.3 Å². The van der Waals surface area contributed by atoms with Gasteiger partial charge < -0.3 is 0 Å². The van der Waals surface area contributed by atoms with Gasteiger partial charge in [-0.3, -0.25) is 14.3 Å². The molecule has 1 heterocycles. The summed E-state index contributed by atoms with van der Waals surface area (Å²) in [5.41, 5.74) is 0.800. The summed E-state index contributed by atoms with van der Waals surface area (Å²) in [6.45, 7) is 0. The van der Waals surface area contributed by atoms with Crippen molar-refractivity contribution in [3.05, 3.63) is 52.8 Å². The summed E-state index contributed by atoms with van der Waals surface area (Å²) in [4.78, 5) is 23.8. The average Bonchev–Trinajstić information content (AvgIpc) is 2.76. The van der Waals surface area contributed by atoms with E-state index in [0.29, 0.717) is 16.1 Å². The minimum atomic E-state index is -0.283. The molecule has 4 nitrogen and oxygen atoms in total. The number of hydrogen-bond acceptors (Lipinski definition) is 3. The summed E-state index contributed by atoms with van der Waals surface area (Å²) in [5, 5.41) is 4.26. The third kappa shape index (κ3) is 2.65. The lowest BCUT2D eigenvalue weighted by Gasteiger charge is -2.01. The first-order valence-electron chi connectivity index (χ1n) is 5.37. The van der Waals surface area contributed by atoms with Crippen molar-refractivity contribution in [1.82, 2.24) is 9.78 Å². The van der Waals surface area contributed by atoms with Gasteiger partial charge in [0.25, 0.3) is 0 Å². The van der Waals surface area contributed by atoms with E-state index in [-0.39, 0.29) is 18.0 Å². The van der Waals surface area contributed by atoms with Crippen molar-refractivity contribution < 1.29 is 9.59 Å². The number of hydrogen-bond donors (Lipinski definition) is 0. The van der Waals surface area contributed by atoms with E-state index >= 15 is 0 Å². The fourth-order valence-corrected chi connectivity index (χ4v) is 1.84. The highest BCUT2D eigenvalue weighted by atomic mass is 35.5. The Labute approximate surface area is 109 Å². The molecule has 92 valence electrons. The molecule has 0 saturated carbocycles. The summed E-state index contributed by atoms with van der Waals surface area (Å²) < 4.78 is 1.52. The molecule has 2 aromatic rings. The van der Waals surface area contributed by atoms with Crippen LogP contribution in [0.5, 0.6) is 0 Å². The smallest absolute Gasteiger partial charge is 0.173 e. The van der Waals surface area contributed by atoms with Crippen LogP contribution in [0.4, 0.5) is 0 Å². The van der Waals surface area contributed by atoms with E-state index in [1.165, 1.54) is 10.9 Å². The van der Waals surface area contributed by atoms with Crippen molar-refractivity contribution in [3.63, 3.8) is 0 Å². The van der Waals surface area contributed by atoms with Gasteiger partial charge in [0.1, 0.15) is 0 Å². The van der Waals surface area contributed by atoms with Crippen LogP contribution in [0.3, 0.4) is 0 Å². The highest BCUT2D eigenvalue weighted by Crippen LogP contribution is 2.17. The zero-order valence-electron chi connectivity index (χ0n) is 9.76. The highest BCUT2D eigenvalue weighted by Gasteiger charge is 2.16. The molecular formula is C13H11ClN2O2. The largest absolute Gasteiger partial charge is 0.294 e. The summed E-state index contributed by atoms with van der Waals surface area (Å²) >= 11 is 5.90. The molecule has 0 aliphatic heterocycles. The van der Waals surface area contributed by atoms with Gasteiger partial charge in [-0.05, 0) is 12.1 Å². The number of rotatable bonds is 4. The molecule has 0 radical (unpaired) electrons. The molecule has 0 unspecified atom stereocenters. The molecule has 0 atom stereocenters. The number of halogens is 1. The third-order valence-corrected chi connectivity index (χ3v) is 2.85. The number of ketones is 2. The Bertz CT molecular complexity index is 605. The monoisotopic (exact) mass is 262 g/mol. The second-order valence-corrected chi connectivity index (χ2v) is 4.31. The molecule has 0 aliphatic carbocycles.